The monoisotopic (exact) mass is 258 g/mol. The Kier molecular flexibility index (Phi) is 3.99. The molecule has 0 fully saturated rings. The molecule has 0 spiro atoms. The van der Waals surface area contributed by atoms with Crippen molar-refractivity contribution in [1.82, 2.24) is 10.2 Å². The lowest BCUT2D eigenvalue weighted by atomic mass is 10.7. The van der Waals surface area contributed by atoms with Crippen LogP contribution in [0, 0.1) is 0 Å². The van der Waals surface area contributed by atoms with Gasteiger partial charge in [-0.1, -0.05) is 17.4 Å². The molecule has 0 aromatic carbocycles. The number of nitrogens with zero attached hydrogens (tertiary/aromatic N) is 2. The number of thiophene rings is 1. The van der Waals surface area contributed by atoms with Crippen molar-refractivity contribution < 1.29 is 4.74 Å². The SMILES string of the molecule is CCOc1nnc(CSc2cccs2)s1. The highest BCUT2D eigenvalue weighted by atomic mass is 32.2. The van der Waals surface area contributed by atoms with Gasteiger partial charge in [-0.3, -0.25) is 0 Å². The minimum atomic E-state index is 0.646. The standard InChI is InChI=1S/C9H10N2OS3/c1-2-12-9-11-10-7(15-9)6-14-8-4-3-5-13-8/h3-5H,2,6H2,1H3. The highest BCUT2D eigenvalue weighted by Gasteiger charge is 2.05. The van der Waals surface area contributed by atoms with Crippen LogP contribution in [0.15, 0.2) is 21.7 Å². The molecule has 3 nitrogen and oxygen atoms in total. The van der Waals surface area contributed by atoms with Crippen molar-refractivity contribution in [3.8, 4) is 5.19 Å². The Morgan fingerprint density at radius 1 is 1.47 bits per heavy atom. The molecule has 0 aliphatic carbocycles. The summed E-state index contributed by atoms with van der Waals surface area (Å²) in [6.07, 6.45) is 0. The zero-order valence-corrected chi connectivity index (χ0v) is 10.6. The number of hydrogen-bond acceptors (Lipinski definition) is 6. The van der Waals surface area contributed by atoms with Gasteiger partial charge < -0.3 is 4.74 Å². The minimum absolute atomic E-state index is 0.646. The molecular formula is C9H10N2OS3. The number of hydrogen-bond donors (Lipinski definition) is 0. The lowest BCUT2D eigenvalue weighted by Crippen LogP contribution is -1.89. The zero-order valence-electron chi connectivity index (χ0n) is 8.17. The van der Waals surface area contributed by atoms with Gasteiger partial charge in [-0.25, -0.2) is 0 Å². The molecule has 15 heavy (non-hydrogen) atoms. The predicted molar refractivity (Wildman–Crippen MR) is 65.0 cm³/mol. The van der Waals surface area contributed by atoms with Crippen LogP contribution < -0.4 is 4.74 Å². The molecule has 2 aromatic heterocycles. The predicted octanol–water partition coefficient (Wildman–Crippen LogP) is 3.29. The first-order valence-electron chi connectivity index (χ1n) is 4.50. The van der Waals surface area contributed by atoms with Crippen molar-refractivity contribution in [2.24, 2.45) is 0 Å². The van der Waals surface area contributed by atoms with Gasteiger partial charge in [0.2, 0.25) is 0 Å². The van der Waals surface area contributed by atoms with Crippen LogP contribution in [0.2, 0.25) is 0 Å². The van der Waals surface area contributed by atoms with E-state index in [2.05, 4.69) is 27.7 Å². The van der Waals surface area contributed by atoms with Gasteiger partial charge in [0.05, 0.1) is 16.6 Å². The third-order valence-electron chi connectivity index (χ3n) is 1.55. The Balaban J connectivity index is 1.88. The fourth-order valence-electron chi connectivity index (χ4n) is 0.957. The Hall–Kier alpha value is -0.590. The fourth-order valence-corrected chi connectivity index (χ4v) is 3.47. The molecular weight excluding hydrogens is 248 g/mol. The molecule has 2 aromatic rings. The number of rotatable bonds is 5. The van der Waals surface area contributed by atoms with E-state index in [-0.39, 0.29) is 0 Å². The Bertz CT molecular complexity index is 399. The van der Waals surface area contributed by atoms with Gasteiger partial charge in [-0.05, 0) is 18.4 Å². The van der Waals surface area contributed by atoms with E-state index < -0.39 is 0 Å². The largest absolute Gasteiger partial charge is 0.469 e. The van der Waals surface area contributed by atoms with Crippen LogP contribution in [0.25, 0.3) is 0 Å². The molecule has 2 rings (SSSR count). The van der Waals surface area contributed by atoms with E-state index in [1.165, 1.54) is 15.5 Å². The number of thioether (sulfide) groups is 1. The summed E-state index contributed by atoms with van der Waals surface area (Å²) >= 11 is 5.05. The summed E-state index contributed by atoms with van der Waals surface area (Å²) in [6.45, 7) is 2.59. The average Bonchev–Trinajstić information content (AvgIpc) is 2.85. The number of aromatic nitrogens is 2. The molecule has 2 heterocycles. The summed E-state index contributed by atoms with van der Waals surface area (Å²) in [5, 5.41) is 11.8. The van der Waals surface area contributed by atoms with Gasteiger partial charge in [0.1, 0.15) is 5.01 Å². The highest BCUT2D eigenvalue weighted by Crippen LogP contribution is 2.29. The molecule has 0 saturated carbocycles. The highest BCUT2D eigenvalue weighted by molar-refractivity contribution is 8.00. The molecule has 80 valence electrons. The van der Waals surface area contributed by atoms with E-state index >= 15 is 0 Å². The lowest BCUT2D eigenvalue weighted by Gasteiger charge is -1.93. The lowest BCUT2D eigenvalue weighted by molar-refractivity contribution is 0.335. The maximum absolute atomic E-state index is 5.26. The van der Waals surface area contributed by atoms with E-state index in [4.69, 9.17) is 4.74 Å². The molecule has 0 unspecified atom stereocenters. The third-order valence-corrected chi connectivity index (χ3v) is 4.71. The quantitative estimate of drug-likeness (QED) is 0.771. The van der Waals surface area contributed by atoms with Crippen LogP contribution in [0.5, 0.6) is 5.19 Å². The van der Waals surface area contributed by atoms with Gasteiger partial charge in [-0.15, -0.1) is 33.3 Å². The second kappa shape index (κ2) is 5.48. The van der Waals surface area contributed by atoms with E-state index in [0.29, 0.717) is 11.8 Å². The minimum Gasteiger partial charge on any atom is -0.469 e. The van der Waals surface area contributed by atoms with Crippen LogP contribution in [-0.4, -0.2) is 16.8 Å². The van der Waals surface area contributed by atoms with Gasteiger partial charge >= 0.3 is 0 Å². The summed E-state index contributed by atoms with van der Waals surface area (Å²) in [7, 11) is 0. The summed E-state index contributed by atoms with van der Waals surface area (Å²) in [6, 6.07) is 4.17. The Labute approximate surface area is 101 Å². The van der Waals surface area contributed by atoms with Crippen molar-refractivity contribution >= 4 is 34.4 Å². The van der Waals surface area contributed by atoms with Crippen LogP contribution in [0.4, 0.5) is 0 Å². The van der Waals surface area contributed by atoms with E-state index in [0.717, 1.165) is 10.8 Å². The molecule has 0 aliphatic heterocycles. The topological polar surface area (TPSA) is 35.0 Å². The molecule has 6 heteroatoms. The first-order chi connectivity index (χ1) is 7.38. The second-order valence-electron chi connectivity index (χ2n) is 2.62. The Morgan fingerprint density at radius 3 is 3.13 bits per heavy atom. The Morgan fingerprint density at radius 2 is 2.40 bits per heavy atom. The molecule has 0 N–H and O–H groups in total. The van der Waals surface area contributed by atoms with Crippen molar-refractivity contribution in [3.63, 3.8) is 0 Å². The first kappa shape index (κ1) is 10.9. The molecule has 0 aliphatic rings. The van der Waals surface area contributed by atoms with Crippen molar-refractivity contribution in [2.75, 3.05) is 6.61 Å². The third kappa shape index (κ3) is 3.19. The summed E-state index contributed by atoms with van der Waals surface area (Å²) in [4.78, 5) is 0. The summed E-state index contributed by atoms with van der Waals surface area (Å²) in [5.41, 5.74) is 0. The van der Waals surface area contributed by atoms with Crippen LogP contribution in [0.1, 0.15) is 11.9 Å². The van der Waals surface area contributed by atoms with Crippen molar-refractivity contribution in [1.29, 1.82) is 0 Å². The first-order valence-corrected chi connectivity index (χ1v) is 7.18. The van der Waals surface area contributed by atoms with Crippen molar-refractivity contribution in [3.05, 3.63) is 22.5 Å². The number of ether oxygens (including phenoxy) is 1. The zero-order chi connectivity index (χ0) is 10.5. The van der Waals surface area contributed by atoms with Gasteiger partial charge in [0.25, 0.3) is 5.19 Å². The molecule has 0 atom stereocenters. The fraction of sp³-hybridized carbons (Fsp3) is 0.333. The smallest absolute Gasteiger partial charge is 0.294 e. The average molecular weight is 258 g/mol. The van der Waals surface area contributed by atoms with Crippen LogP contribution >= 0.6 is 34.4 Å². The maximum atomic E-state index is 5.26. The molecule has 0 saturated heterocycles. The molecule has 0 radical (unpaired) electrons. The summed E-state index contributed by atoms with van der Waals surface area (Å²) < 4.78 is 6.57. The van der Waals surface area contributed by atoms with Crippen molar-refractivity contribution in [2.45, 2.75) is 16.9 Å². The van der Waals surface area contributed by atoms with E-state index in [1.807, 2.05) is 6.92 Å². The van der Waals surface area contributed by atoms with Crippen LogP contribution in [0.3, 0.4) is 0 Å². The second-order valence-corrected chi connectivity index (χ2v) is 5.86. The van der Waals surface area contributed by atoms with Gasteiger partial charge in [0.15, 0.2) is 0 Å². The molecule has 0 bridgehead atoms. The molecule has 0 amide bonds. The van der Waals surface area contributed by atoms with Gasteiger partial charge in [0, 0.05) is 0 Å². The van der Waals surface area contributed by atoms with E-state index in [1.54, 1.807) is 23.1 Å². The normalized spacial score (nSPS) is 10.5. The van der Waals surface area contributed by atoms with Crippen LogP contribution in [-0.2, 0) is 5.75 Å². The van der Waals surface area contributed by atoms with E-state index in [9.17, 15) is 0 Å². The maximum Gasteiger partial charge on any atom is 0.294 e. The summed E-state index contributed by atoms with van der Waals surface area (Å²) in [5.74, 6) is 0.866. The van der Waals surface area contributed by atoms with Gasteiger partial charge in [-0.2, -0.15) is 0 Å².